The number of phenolic OH excluding ortho intramolecular Hbond substituents is 1. The van der Waals surface area contributed by atoms with Gasteiger partial charge in [-0.3, -0.25) is 0 Å². The molecule has 3 rings (SSSR count). The van der Waals surface area contributed by atoms with E-state index in [1.54, 1.807) is 6.07 Å². The van der Waals surface area contributed by atoms with Crippen LogP contribution in [0.2, 0.25) is 0 Å². The van der Waals surface area contributed by atoms with Gasteiger partial charge in [-0.05, 0) is 79.1 Å². The van der Waals surface area contributed by atoms with Crippen molar-refractivity contribution in [3.8, 4) is 11.5 Å². The lowest BCUT2D eigenvalue weighted by Crippen LogP contribution is -2.00. The molecule has 0 saturated heterocycles. The van der Waals surface area contributed by atoms with E-state index in [1.165, 1.54) is 22.3 Å². The Hall–Kier alpha value is -2.75. The maximum absolute atomic E-state index is 10.0. The monoisotopic (exact) mass is 365 g/mol. The van der Waals surface area contributed by atoms with Crippen molar-refractivity contribution in [2.75, 3.05) is 0 Å². The van der Waals surface area contributed by atoms with Crippen LogP contribution in [0.3, 0.4) is 0 Å². The zero-order valence-corrected chi connectivity index (χ0v) is 16.7. The highest BCUT2D eigenvalue weighted by molar-refractivity contribution is 5.46. The zero-order chi connectivity index (χ0) is 19.6. The molecule has 142 valence electrons. The van der Waals surface area contributed by atoms with E-state index in [4.69, 9.17) is 9.26 Å². The number of nitrogens with zero attached hydrogens (tertiary/aromatic N) is 1. The van der Waals surface area contributed by atoms with Crippen molar-refractivity contribution in [2.45, 2.75) is 53.6 Å². The van der Waals surface area contributed by atoms with Gasteiger partial charge in [-0.15, -0.1) is 0 Å². The normalized spacial score (nSPS) is 11.2. The lowest BCUT2D eigenvalue weighted by Gasteiger charge is -2.15. The first-order valence-electron chi connectivity index (χ1n) is 9.30. The summed E-state index contributed by atoms with van der Waals surface area (Å²) in [6.07, 6.45) is 0.833. The molecular formula is C23H27NO3. The summed E-state index contributed by atoms with van der Waals surface area (Å²) < 4.78 is 11.1. The van der Waals surface area contributed by atoms with E-state index in [2.05, 4.69) is 51.1 Å². The molecule has 0 amide bonds. The molecule has 0 aliphatic heterocycles. The number of rotatable bonds is 6. The Balaban J connectivity index is 1.78. The van der Waals surface area contributed by atoms with E-state index in [9.17, 15) is 5.11 Å². The third kappa shape index (κ3) is 4.51. The zero-order valence-electron chi connectivity index (χ0n) is 16.7. The van der Waals surface area contributed by atoms with Gasteiger partial charge in [0.25, 0.3) is 0 Å². The van der Waals surface area contributed by atoms with Crippen molar-refractivity contribution < 1.29 is 14.4 Å². The number of benzene rings is 2. The van der Waals surface area contributed by atoms with Gasteiger partial charge >= 0.3 is 0 Å². The van der Waals surface area contributed by atoms with Gasteiger partial charge in [-0.1, -0.05) is 31.1 Å². The van der Waals surface area contributed by atoms with Crippen molar-refractivity contribution in [1.82, 2.24) is 5.16 Å². The lowest BCUT2D eigenvalue weighted by molar-refractivity contribution is 0.248. The van der Waals surface area contributed by atoms with E-state index in [1.807, 2.05) is 19.1 Å². The standard InChI is InChI=1S/C23H27NO3/c1-14(2)21-11-18(6-7-23(21)25)12-22-15(3)8-19(9-16(22)4)26-13-20-10-17(5)24-27-20/h6-11,14,25H,12-13H2,1-5H3. The fourth-order valence-electron chi connectivity index (χ4n) is 3.34. The molecule has 0 saturated carbocycles. The molecule has 4 nitrogen and oxygen atoms in total. The fraction of sp³-hybridized carbons (Fsp3) is 0.348. The minimum atomic E-state index is 0.294. The highest BCUT2D eigenvalue weighted by Crippen LogP contribution is 2.29. The van der Waals surface area contributed by atoms with Crippen LogP contribution in [0.5, 0.6) is 11.5 Å². The summed E-state index contributed by atoms with van der Waals surface area (Å²) in [5, 5.41) is 13.9. The van der Waals surface area contributed by atoms with Gasteiger partial charge in [-0.2, -0.15) is 0 Å². The summed E-state index contributed by atoms with van der Waals surface area (Å²) in [7, 11) is 0. The number of aryl methyl sites for hydroxylation is 3. The molecule has 1 heterocycles. The molecule has 0 aliphatic carbocycles. The highest BCUT2D eigenvalue weighted by atomic mass is 16.5. The predicted octanol–water partition coefficient (Wildman–Crippen LogP) is 5.60. The summed E-state index contributed by atoms with van der Waals surface area (Å²) >= 11 is 0. The molecule has 0 bridgehead atoms. The van der Waals surface area contributed by atoms with Gasteiger partial charge in [-0.25, -0.2) is 0 Å². The van der Waals surface area contributed by atoms with Crippen molar-refractivity contribution >= 4 is 0 Å². The van der Waals surface area contributed by atoms with Crippen molar-refractivity contribution in [3.63, 3.8) is 0 Å². The highest BCUT2D eigenvalue weighted by Gasteiger charge is 2.11. The van der Waals surface area contributed by atoms with Gasteiger partial charge in [0.15, 0.2) is 5.76 Å². The summed E-state index contributed by atoms with van der Waals surface area (Å²) in [5.41, 5.74) is 6.72. The molecule has 1 N–H and O–H groups in total. The molecule has 1 aromatic heterocycles. The molecule has 2 aromatic carbocycles. The van der Waals surface area contributed by atoms with Gasteiger partial charge in [0.2, 0.25) is 0 Å². The SMILES string of the molecule is Cc1cc(COc2cc(C)c(Cc3ccc(O)c(C(C)C)c3)c(C)c2)on1. The average Bonchev–Trinajstić information content (AvgIpc) is 3.03. The molecule has 0 atom stereocenters. The average molecular weight is 365 g/mol. The molecule has 4 heteroatoms. The van der Waals surface area contributed by atoms with Crippen LogP contribution in [-0.2, 0) is 13.0 Å². The van der Waals surface area contributed by atoms with Crippen molar-refractivity contribution in [2.24, 2.45) is 0 Å². The van der Waals surface area contributed by atoms with Crippen molar-refractivity contribution in [3.05, 3.63) is 75.7 Å². The van der Waals surface area contributed by atoms with Crippen LogP contribution in [0.25, 0.3) is 0 Å². The number of aromatic hydroxyl groups is 1. The summed E-state index contributed by atoms with van der Waals surface area (Å²) in [5.74, 6) is 2.21. The van der Waals surface area contributed by atoms with Crippen LogP contribution < -0.4 is 4.74 Å². The Morgan fingerprint density at radius 1 is 1.04 bits per heavy atom. The van der Waals surface area contributed by atoms with Gasteiger partial charge in [0.1, 0.15) is 18.1 Å². The second-order valence-electron chi connectivity index (χ2n) is 7.48. The third-order valence-electron chi connectivity index (χ3n) is 4.82. The van der Waals surface area contributed by atoms with E-state index >= 15 is 0 Å². The minimum absolute atomic E-state index is 0.294. The molecule has 0 radical (unpaired) electrons. The van der Waals surface area contributed by atoms with Crippen molar-refractivity contribution in [1.29, 1.82) is 0 Å². The molecule has 27 heavy (non-hydrogen) atoms. The van der Waals surface area contributed by atoms with Crippen LogP contribution in [0.1, 0.15) is 59.0 Å². The smallest absolute Gasteiger partial charge is 0.174 e. The summed E-state index contributed by atoms with van der Waals surface area (Å²) in [6.45, 7) is 10.7. The summed E-state index contributed by atoms with van der Waals surface area (Å²) in [6, 6.07) is 11.9. The first-order valence-corrected chi connectivity index (χ1v) is 9.30. The third-order valence-corrected chi connectivity index (χ3v) is 4.82. The number of ether oxygens (including phenoxy) is 1. The molecular weight excluding hydrogens is 338 g/mol. The second kappa shape index (κ2) is 7.87. The Morgan fingerprint density at radius 3 is 2.33 bits per heavy atom. The first kappa shape index (κ1) is 19.0. The quantitative estimate of drug-likeness (QED) is 0.618. The van der Waals surface area contributed by atoms with Crippen LogP contribution in [0, 0.1) is 20.8 Å². The molecule has 0 aliphatic rings. The van der Waals surface area contributed by atoms with Gasteiger partial charge < -0.3 is 14.4 Å². The maximum atomic E-state index is 10.0. The predicted molar refractivity (Wildman–Crippen MR) is 106 cm³/mol. The van der Waals surface area contributed by atoms with E-state index in [0.717, 1.165) is 29.2 Å². The van der Waals surface area contributed by atoms with Crippen LogP contribution in [0.15, 0.2) is 40.9 Å². The number of hydrogen-bond donors (Lipinski definition) is 1. The summed E-state index contributed by atoms with van der Waals surface area (Å²) in [4.78, 5) is 0. The molecule has 0 fully saturated rings. The molecule has 3 aromatic rings. The Morgan fingerprint density at radius 2 is 1.74 bits per heavy atom. The topological polar surface area (TPSA) is 55.5 Å². The van der Waals surface area contributed by atoms with Gasteiger partial charge in [0, 0.05) is 6.07 Å². The largest absolute Gasteiger partial charge is 0.508 e. The molecule has 0 unspecified atom stereocenters. The van der Waals surface area contributed by atoms with E-state index in [0.29, 0.717) is 18.3 Å². The number of hydrogen-bond acceptors (Lipinski definition) is 4. The van der Waals surface area contributed by atoms with Crippen LogP contribution in [0.4, 0.5) is 0 Å². The Kier molecular flexibility index (Phi) is 5.54. The first-order chi connectivity index (χ1) is 12.8. The van der Waals surface area contributed by atoms with E-state index < -0.39 is 0 Å². The van der Waals surface area contributed by atoms with Crippen LogP contribution >= 0.6 is 0 Å². The van der Waals surface area contributed by atoms with E-state index in [-0.39, 0.29) is 0 Å². The van der Waals surface area contributed by atoms with Crippen LogP contribution in [-0.4, -0.2) is 10.3 Å². The Bertz CT molecular complexity index is 918. The number of phenols is 1. The molecule has 0 spiro atoms. The lowest BCUT2D eigenvalue weighted by atomic mass is 9.93. The second-order valence-corrected chi connectivity index (χ2v) is 7.48. The Labute approximate surface area is 160 Å². The fourth-order valence-corrected chi connectivity index (χ4v) is 3.34. The maximum Gasteiger partial charge on any atom is 0.174 e. The van der Waals surface area contributed by atoms with Gasteiger partial charge in [0.05, 0.1) is 5.69 Å². The number of aromatic nitrogens is 1. The minimum Gasteiger partial charge on any atom is -0.508 e.